The maximum atomic E-state index is 6.53. The largest absolute Gasteiger partial charge is 0.456 e. The third kappa shape index (κ3) is 5.53. The van der Waals surface area contributed by atoms with Crippen molar-refractivity contribution in [1.82, 2.24) is 15.0 Å². The molecule has 0 N–H and O–H groups in total. The molecule has 0 aliphatic carbocycles. The first-order valence-electron chi connectivity index (χ1n) is 18.9. The molecular weight excluding hydrogens is 719 g/mol. The van der Waals surface area contributed by atoms with Gasteiger partial charge in [-0.2, -0.15) is 0 Å². The van der Waals surface area contributed by atoms with E-state index in [-0.39, 0.29) is 0 Å². The number of hydrogen-bond donors (Lipinski definition) is 0. The molecule has 270 valence electrons. The number of aromatic nitrogens is 3. The molecular formula is C51H33N3O2S. The molecule has 0 unspecified atom stereocenters. The minimum Gasteiger partial charge on any atom is -0.456 e. The first-order valence-corrected chi connectivity index (χ1v) is 20.5. The topological polar surface area (TPSA) is 65.0 Å². The second-order valence-electron chi connectivity index (χ2n) is 14.0. The van der Waals surface area contributed by atoms with E-state index in [1.54, 1.807) is 0 Å². The van der Waals surface area contributed by atoms with E-state index in [2.05, 4.69) is 127 Å². The van der Waals surface area contributed by atoms with Crippen LogP contribution < -0.4 is 0 Å². The molecule has 0 radical (unpaired) electrons. The van der Waals surface area contributed by atoms with Gasteiger partial charge >= 0.3 is 0 Å². The molecule has 11 rings (SSSR count). The second-order valence-corrected chi connectivity index (χ2v) is 17.1. The third-order valence-electron chi connectivity index (χ3n) is 10.6. The van der Waals surface area contributed by atoms with Gasteiger partial charge in [-0.15, -0.1) is 10.0 Å². The minimum atomic E-state index is -1.89. The fourth-order valence-corrected chi connectivity index (χ4v) is 11.9. The molecule has 0 amide bonds. The zero-order valence-electron chi connectivity index (χ0n) is 30.6. The average molecular weight is 752 g/mol. The maximum absolute atomic E-state index is 6.53. The van der Waals surface area contributed by atoms with E-state index < -0.39 is 10.0 Å². The van der Waals surface area contributed by atoms with Crippen molar-refractivity contribution in [2.75, 3.05) is 0 Å². The number of benzene rings is 8. The molecule has 0 fully saturated rings. The highest BCUT2D eigenvalue weighted by molar-refractivity contribution is 8.34. The van der Waals surface area contributed by atoms with Crippen molar-refractivity contribution in [3.63, 3.8) is 0 Å². The second kappa shape index (κ2) is 13.5. The summed E-state index contributed by atoms with van der Waals surface area (Å²) in [6, 6.07) is 70.0. The molecule has 0 spiro atoms. The molecule has 5 nitrogen and oxygen atoms in total. The van der Waals surface area contributed by atoms with E-state index >= 15 is 0 Å². The summed E-state index contributed by atoms with van der Waals surface area (Å²) in [6.45, 7) is 0. The summed E-state index contributed by atoms with van der Waals surface area (Å²) in [6.07, 6.45) is 0. The molecule has 6 heteroatoms. The van der Waals surface area contributed by atoms with E-state index in [1.165, 1.54) is 19.6 Å². The Balaban J connectivity index is 1.11. The summed E-state index contributed by atoms with van der Waals surface area (Å²) in [7, 11) is -1.89. The SMILES string of the molecule is c1ccc(-c2nc(-c3ccc4oc5ccccc5c4c3)nc(-c3ccc4oc5ccc(S(c6ccccc6)(c6ccccc6)c6ccccc6)cc5c4c3)n2)cc1. The minimum absolute atomic E-state index is 0.584. The molecule has 0 atom stereocenters. The highest BCUT2D eigenvalue weighted by Crippen LogP contribution is 2.73. The molecule has 57 heavy (non-hydrogen) atoms. The van der Waals surface area contributed by atoms with Gasteiger partial charge in [0, 0.05) is 57.8 Å². The quantitative estimate of drug-likeness (QED) is 0.162. The van der Waals surface area contributed by atoms with Gasteiger partial charge in [-0.3, -0.25) is 0 Å². The summed E-state index contributed by atoms with van der Waals surface area (Å²) in [5.74, 6) is 1.78. The van der Waals surface area contributed by atoms with Gasteiger partial charge < -0.3 is 8.83 Å². The molecule has 0 bridgehead atoms. The zero-order valence-corrected chi connectivity index (χ0v) is 31.4. The number of nitrogens with zero attached hydrogens (tertiary/aromatic N) is 3. The lowest BCUT2D eigenvalue weighted by Gasteiger charge is -2.42. The van der Waals surface area contributed by atoms with Crippen molar-refractivity contribution in [2.24, 2.45) is 0 Å². The smallest absolute Gasteiger partial charge is 0.164 e. The van der Waals surface area contributed by atoms with Crippen LogP contribution in [0.2, 0.25) is 0 Å². The van der Waals surface area contributed by atoms with Gasteiger partial charge in [0.25, 0.3) is 0 Å². The van der Waals surface area contributed by atoms with E-state index in [0.29, 0.717) is 17.5 Å². The van der Waals surface area contributed by atoms with Gasteiger partial charge in [0.05, 0.1) is 0 Å². The lowest BCUT2D eigenvalue weighted by molar-refractivity contribution is 0.668. The molecule has 8 aromatic carbocycles. The molecule has 0 saturated carbocycles. The van der Waals surface area contributed by atoms with Gasteiger partial charge in [0.15, 0.2) is 17.5 Å². The Morgan fingerprint density at radius 3 is 1.19 bits per heavy atom. The highest BCUT2D eigenvalue weighted by atomic mass is 32.3. The predicted octanol–water partition coefficient (Wildman–Crippen LogP) is 14.0. The maximum Gasteiger partial charge on any atom is 0.164 e. The van der Waals surface area contributed by atoms with Crippen LogP contribution in [0.4, 0.5) is 0 Å². The summed E-state index contributed by atoms with van der Waals surface area (Å²) in [5.41, 5.74) is 5.99. The van der Waals surface area contributed by atoms with Gasteiger partial charge in [-0.25, -0.2) is 15.0 Å². The van der Waals surface area contributed by atoms with E-state index in [4.69, 9.17) is 23.8 Å². The van der Waals surface area contributed by atoms with Crippen LogP contribution in [-0.4, -0.2) is 15.0 Å². The summed E-state index contributed by atoms with van der Waals surface area (Å²) in [5, 5.41) is 4.12. The third-order valence-corrected chi connectivity index (χ3v) is 14.5. The fraction of sp³-hybridized carbons (Fsp3) is 0. The molecule has 0 saturated heterocycles. The number of rotatable bonds is 7. The van der Waals surface area contributed by atoms with Crippen LogP contribution in [0.25, 0.3) is 78.0 Å². The number of furan rings is 2. The van der Waals surface area contributed by atoms with Gasteiger partial charge in [0.1, 0.15) is 22.3 Å². The normalized spacial score (nSPS) is 12.1. The molecule has 11 aromatic rings. The molecule has 0 aliphatic heterocycles. The van der Waals surface area contributed by atoms with Crippen LogP contribution in [0.15, 0.2) is 229 Å². The Morgan fingerprint density at radius 2 is 0.667 bits per heavy atom. The average Bonchev–Trinajstić information content (AvgIpc) is 3.85. The van der Waals surface area contributed by atoms with Crippen LogP contribution in [0.5, 0.6) is 0 Å². The van der Waals surface area contributed by atoms with E-state index in [0.717, 1.165) is 60.6 Å². The highest BCUT2D eigenvalue weighted by Gasteiger charge is 2.33. The van der Waals surface area contributed by atoms with Crippen LogP contribution >= 0.6 is 10.0 Å². The van der Waals surface area contributed by atoms with Crippen LogP contribution in [0.1, 0.15) is 0 Å². The van der Waals surface area contributed by atoms with Crippen molar-refractivity contribution in [3.8, 4) is 34.2 Å². The summed E-state index contributed by atoms with van der Waals surface area (Å²) >= 11 is 0. The summed E-state index contributed by atoms with van der Waals surface area (Å²) in [4.78, 5) is 20.3. The van der Waals surface area contributed by atoms with Crippen LogP contribution in [-0.2, 0) is 0 Å². The Hall–Kier alpha value is -7.28. The molecule has 3 heterocycles. The number of hydrogen-bond acceptors (Lipinski definition) is 5. The zero-order chi connectivity index (χ0) is 37.8. The Bertz CT molecular complexity index is 3140. The van der Waals surface area contributed by atoms with Gasteiger partial charge in [-0.1, -0.05) is 103 Å². The first-order chi connectivity index (χ1) is 28.2. The van der Waals surface area contributed by atoms with E-state index in [9.17, 15) is 0 Å². The predicted molar refractivity (Wildman–Crippen MR) is 231 cm³/mol. The lowest BCUT2D eigenvalue weighted by atomic mass is 10.1. The Labute approximate surface area is 330 Å². The van der Waals surface area contributed by atoms with Gasteiger partial charge in [-0.05, 0) is 97.1 Å². The van der Waals surface area contributed by atoms with Crippen molar-refractivity contribution in [2.45, 2.75) is 19.6 Å². The Morgan fingerprint density at radius 1 is 0.281 bits per heavy atom. The Kier molecular flexibility index (Phi) is 7.83. The number of para-hydroxylation sites is 1. The number of fused-ring (bicyclic) bond motifs is 6. The van der Waals surface area contributed by atoms with Crippen molar-refractivity contribution in [3.05, 3.63) is 200 Å². The molecule has 3 aromatic heterocycles. The van der Waals surface area contributed by atoms with Crippen LogP contribution in [0.3, 0.4) is 0 Å². The fourth-order valence-electron chi connectivity index (χ4n) is 7.99. The monoisotopic (exact) mass is 751 g/mol. The first kappa shape index (κ1) is 33.1. The van der Waals surface area contributed by atoms with Crippen molar-refractivity contribution < 1.29 is 8.83 Å². The van der Waals surface area contributed by atoms with E-state index in [1.807, 2.05) is 72.8 Å². The summed E-state index contributed by atoms with van der Waals surface area (Å²) < 4.78 is 12.7. The van der Waals surface area contributed by atoms with Crippen molar-refractivity contribution >= 4 is 53.9 Å². The van der Waals surface area contributed by atoms with Crippen LogP contribution in [0, 0.1) is 0 Å². The lowest BCUT2D eigenvalue weighted by Crippen LogP contribution is -2.04. The van der Waals surface area contributed by atoms with Crippen molar-refractivity contribution in [1.29, 1.82) is 0 Å². The standard InChI is InChI=1S/C51H33N3O2S/c1-5-15-34(16-6-1)49-52-50(35-25-28-46-42(31-35)41-23-13-14-24-45(41)55-46)54-51(53-49)36-26-29-47-43(32-36)44-33-40(27-30-48(44)56-47)57(37-17-7-2-8-18-37,38-19-9-3-10-20-38)39-21-11-4-12-22-39/h1-33H. The molecule has 0 aliphatic rings. The van der Waals surface area contributed by atoms with Gasteiger partial charge in [0.2, 0.25) is 0 Å².